The number of hydrogen-bond acceptors (Lipinski definition) is 2. The zero-order chi connectivity index (χ0) is 10.9. The molecule has 0 heterocycles. The third-order valence-corrected chi connectivity index (χ3v) is 4.55. The number of carboxylic acid groups (broad SMARTS) is 2. The Kier molecular flexibility index (Phi) is 3.70. The molecule has 0 aliphatic heterocycles. The van der Waals surface area contributed by atoms with Crippen LogP contribution in [0.15, 0.2) is 12.1 Å². The average molecular weight is 418 g/mol. The molecule has 6 heteroatoms. The summed E-state index contributed by atoms with van der Waals surface area (Å²) in [6.45, 7) is 0. The number of carboxylic acids is 2. The van der Waals surface area contributed by atoms with Gasteiger partial charge in [0.05, 0.1) is 11.1 Å². The van der Waals surface area contributed by atoms with E-state index in [0.717, 1.165) is 6.07 Å². The molecule has 0 saturated heterocycles. The number of hydrogen-bond donors (Lipinski definition) is 2. The van der Waals surface area contributed by atoms with Crippen molar-refractivity contribution in [3.63, 3.8) is 0 Å². The van der Waals surface area contributed by atoms with Crippen LogP contribution in [-0.4, -0.2) is 22.2 Å². The molecule has 0 aliphatic rings. The summed E-state index contributed by atoms with van der Waals surface area (Å²) < 4.78 is 1.18. The molecule has 1 aromatic rings. The van der Waals surface area contributed by atoms with Crippen molar-refractivity contribution in [3.8, 4) is 0 Å². The van der Waals surface area contributed by atoms with Crippen LogP contribution in [0.3, 0.4) is 0 Å². The number of rotatable bonds is 2. The first-order valence-corrected chi connectivity index (χ1v) is 5.55. The lowest BCUT2D eigenvalue weighted by Crippen LogP contribution is -2.06. The molecule has 2 N–H and O–H groups in total. The van der Waals surface area contributed by atoms with Crippen LogP contribution in [0.5, 0.6) is 0 Å². The van der Waals surface area contributed by atoms with Crippen LogP contribution in [0.4, 0.5) is 0 Å². The molecule has 1 aromatic carbocycles. The molecule has 0 unspecified atom stereocenters. The first-order chi connectivity index (χ1) is 6.43. The molecule has 14 heavy (non-hydrogen) atoms. The summed E-state index contributed by atoms with van der Waals surface area (Å²) in [5.41, 5.74) is 0.0158. The first-order valence-electron chi connectivity index (χ1n) is 3.39. The van der Waals surface area contributed by atoms with Gasteiger partial charge in [0.2, 0.25) is 0 Å². The zero-order valence-corrected chi connectivity index (χ0v) is 10.9. The van der Waals surface area contributed by atoms with Gasteiger partial charge in [-0.3, -0.25) is 0 Å². The highest BCUT2D eigenvalue weighted by Gasteiger charge is 2.15. The van der Waals surface area contributed by atoms with Gasteiger partial charge in [0.25, 0.3) is 0 Å². The van der Waals surface area contributed by atoms with Crippen molar-refractivity contribution in [2.24, 2.45) is 0 Å². The summed E-state index contributed by atoms with van der Waals surface area (Å²) in [5, 5.41) is 17.5. The van der Waals surface area contributed by atoms with E-state index in [2.05, 4.69) is 0 Å². The molecule has 0 bridgehead atoms. The predicted octanol–water partition coefficient (Wildman–Crippen LogP) is 2.29. The maximum Gasteiger partial charge on any atom is 0.336 e. The SMILES string of the molecule is O=C(O)c1cc(I)c(I)c(C(=O)O)c1. The fourth-order valence-electron chi connectivity index (χ4n) is 0.868. The molecule has 0 radical (unpaired) electrons. The van der Waals surface area contributed by atoms with E-state index >= 15 is 0 Å². The summed E-state index contributed by atoms with van der Waals surface area (Å²) in [7, 11) is 0. The minimum Gasteiger partial charge on any atom is -0.478 e. The predicted molar refractivity (Wildman–Crippen MR) is 65.8 cm³/mol. The number of aromatic carboxylic acids is 2. The normalized spacial score (nSPS) is 9.86. The molecule has 0 aromatic heterocycles. The van der Waals surface area contributed by atoms with E-state index in [0.29, 0.717) is 7.14 Å². The summed E-state index contributed by atoms with van der Waals surface area (Å²) >= 11 is 3.79. The summed E-state index contributed by atoms with van der Waals surface area (Å²) in [5.74, 6) is -2.24. The van der Waals surface area contributed by atoms with Crippen molar-refractivity contribution in [1.82, 2.24) is 0 Å². The van der Waals surface area contributed by atoms with Crippen molar-refractivity contribution in [2.75, 3.05) is 0 Å². The third kappa shape index (κ3) is 2.35. The van der Waals surface area contributed by atoms with E-state index in [9.17, 15) is 9.59 Å². The van der Waals surface area contributed by atoms with Gasteiger partial charge in [-0.15, -0.1) is 0 Å². The molecule has 1 rings (SSSR count). The summed E-state index contributed by atoms with van der Waals surface area (Å²) in [4.78, 5) is 21.4. The van der Waals surface area contributed by atoms with Crippen molar-refractivity contribution < 1.29 is 19.8 Å². The number of carbonyl (C=O) groups is 2. The molecule has 0 saturated carbocycles. The maximum atomic E-state index is 10.7. The second-order valence-electron chi connectivity index (χ2n) is 2.43. The summed E-state index contributed by atoms with van der Waals surface area (Å²) in [6, 6.07) is 2.60. The fourth-order valence-corrected chi connectivity index (χ4v) is 2.04. The monoisotopic (exact) mass is 418 g/mol. The Morgan fingerprint density at radius 3 is 2.07 bits per heavy atom. The number of benzene rings is 1. The Bertz CT molecular complexity index is 414. The van der Waals surface area contributed by atoms with Gasteiger partial charge in [0, 0.05) is 7.14 Å². The molecular weight excluding hydrogens is 414 g/mol. The zero-order valence-electron chi connectivity index (χ0n) is 6.62. The van der Waals surface area contributed by atoms with E-state index in [1.165, 1.54) is 6.07 Å². The Hall–Kier alpha value is -0.380. The highest BCUT2D eigenvalue weighted by Crippen LogP contribution is 2.21. The van der Waals surface area contributed by atoms with Gasteiger partial charge in [0.15, 0.2) is 0 Å². The molecule has 0 atom stereocenters. The molecule has 4 nitrogen and oxygen atoms in total. The minimum atomic E-state index is -1.12. The van der Waals surface area contributed by atoms with Crippen molar-refractivity contribution in [2.45, 2.75) is 0 Å². The van der Waals surface area contributed by atoms with Crippen LogP contribution < -0.4 is 0 Å². The van der Waals surface area contributed by atoms with Crippen LogP contribution >= 0.6 is 45.2 Å². The molecule has 74 valence electrons. The molecule has 0 amide bonds. The molecule has 0 fully saturated rings. The topological polar surface area (TPSA) is 74.6 Å². The van der Waals surface area contributed by atoms with Crippen LogP contribution in [0.25, 0.3) is 0 Å². The summed E-state index contributed by atoms with van der Waals surface area (Å²) in [6.07, 6.45) is 0. The van der Waals surface area contributed by atoms with Crippen molar-refractivity contribution in [1.29, 1.82) is 0 Å². The Morgan fingerprint density at radius 2 is 1.64 bits per heavy atom. The largest absolute Gasteiger partial charge is 0.478 e. The quantitative estimate of drug-likeness (QED) is 0.724. The second-order valence-corrected chi connectivity index (χ2v) is 4.67. The first kappa shape index (κ1) is 11.7. The van der Waals surface area contributed by atoms with Gasteiger partial charge in [-0.2, -0.15) is 0 Å². The maximum absolute atomic E-state index is 10.7. The van der Waals surface area contributed by atoms with Gasteiger partial charge in [-0.05, 0) is 57.3 Å². The van der Waals surface area contributed by atoms with Gasteiger partial charge in [-0.25, -0.2) is 9.59 Å². The molecule has 0 aliphatic carbocycles. The van der Waals surface area contributed by atoms with Crippen molar-refractivity contribution >= 4 is 57.1 Å². The number of halogens is 2. The lowest BCUT2D eigenvalue weighted by Gasteiger charge is -2.03. The van der Waals surface area contributed by atoms with Crippen molar-refractivity contribution in [3.05, 3.63) is 30.4 Å². The lowest BCUT2D eigenvalue weighted by molar-refractivity contribution is 0.0695. The lowest BCUT2D eigenvalue weighted by atomic mass is 10.1. The van der Waals surface area contributed by atoms with Gasteiger partial charge >= 0.3 is 11.9 Å². The highest BCUT2D eigenvalue weighted by molar-refractivity contribution is 14.1. The fraction of sp³-hybridized carbons (Fsp3) is 0. The van der Waals surface area contributed by atoms with E-state index in [1.54, 1.807) is 0 Å². The Morgan fingerprint density at radius 1 is 1.07 bits per heavy atom. The van der Waals surface area contributed by atoms with Crippen LogP contribution in [-0.2, 0) is 0 Å². The van der Waals surface area contributed by atoms with Crippen LogP contribution in [0.2, 0.25) is 0 Å². The molecule has 0 spiro atoms. The Labute approximate surface area is 107 Å². The van der Waals surface area contributed by atoms with Gasteiger partial charge in [-0.1, -0.05) is 0 Å². The van der Waals surface area contributed by atoms with Crippen LogP contribution in [0, 0.1) is 7.14 Å². The van der Waals surface area contributed by atoms with E-state index in [-0.39, 0.29) is 11.1 Å². The molecular formula is C8H4I2O4. The van der Waals surface area contributed by atoms with E-state index in [4.69, 9.17) is 10.2 Å². The second kappa shape index (κ2) is 4.43. The highest BCUT2D eigenvalue weighted by atomic mass is 127. The minimum absolute atomic E-state index is 0.00721. The Balaban J connectivity index is 3.43. The van der Waals surface area contributed by atoms with Gasteiger partial charge < -0.3 is 10.2 Å². The smallest absolute Gasteiger partial charge is 0.336 e. The standard InChI is InChI=1S/C8H4I2O4/c9-5-2-3(7(11)12)1-4(6(5)10)8(13)14/h1-2H,(H,11,12)(H,13,14). The van der Waals surface area contributed by atoms with Crippen LogP contribution in [0.1, 0.15) is 20.7 Å². The van der Waals surface area contributed by atoms with E-state index < -0.39 is 11.9 Å². The third-order valence-electron chi connectivity index (χ3n) is 1.51. The van der Waals surface area contributed by atoms with E-state index in [1.807, 2.05) is 45.2 Å². The van der Waals surface area contributed by atoms with Gasteiger partial charge in [0.1, 0.15) is 0 Å². The average Bonchev–Trinajstić information content (AvgIpc) is 2.08.